The van der Waals surface area contributed by atoms with Crippen molar-refractivity contribution in [2.24, 2.45) is 0 Å². The second kappa shape index (κ2) is 6.46. The van der Waals surface area contributed by atoms with Gasteiger partial charge < -0.3 is 14.3 Å². The third kappa shape index (κ3) is 3.46. The molecule has 0 fully saturated rings. The van der Waals surface area contributed by atoms with Crippen LogP contribution in [0.4, 0.5) is 0 Å². The molecule has 2 heterocycles. The number of carboxylic acids is 1. The smallest absolute Gasteiger partial charge is 0.185 e. The highest BCUT2D eigenvalue weighted by atomic mass is 32.1. The number of rotatable bonds is 5. The zero-order chi connectivity index (χ0) is 16.2. The van der Waals surface area contributed by atoms with Gasteiger partial charge in [0.15, 0.2) is 5.78 Å². The summed E-state index contributed by atoms with van der Waals surface area (Å²) >= 11 is 1.56. The molecule has 114 valence electrons. The van der Waals surface area contributed by atoms with Gasteiger partial charge in [0.1, 0.15) is 17.5 Å². The van der Waals surface area contributed by atoms with Crippen molar-refractivity contribution in [1.82, 2.24) is 0 Å². The molecule has 4 nitrogen and oxygen atoms in total. The van der Waals surface area contributed by atoms with E-state index in [1.54, 1.807) is 47.7 Å². The van der Waals surface area contributed by atoms with Crippen molar-refractivity contribution in [1.29, 1.82) is 0 Å². The van der Waals surface area contributed by atoms with Crippen LogP contribution in [-0.2, 0) is 0 Å². The van der Waals surface area contributed by atoms with Crippen LogP contribution in [0, 0.1) is 0 Å². The fourth-order valence-corrected chi connectivity index (χ4v) is 2.66. The van der Waals surface area contributed by atoms with Crippen LogP contribution in [0.5, 0.6) is 0 Å². The van der Waals surface area contributed by atoms with Crippen molar-refractivity contribution in [3.05, 3.63) is 76.2 Å². The Hall–Kier alpha value is -2.92. The molecule has 0 spiro atoms. The number of carbonyl (C=O) groups excluding carboxylic acids is 2. The van der Waals surface area contributed by atoms with E-state index in [1.165, 1.54) is 12.1 Å². The molecule has 0 aliphatic heterocycles. The number of ketones is 1. The Morgan fingerprint density at radius 1 is 1.04 bits per heavy atom. The maximum atomic E-state index is 12.1. The SMILES string of the molecule is O=C(/C=C/c1cccs1)c1ccc(-c2ccc(C(=O)[O-])o2)cc1. The summed E-state index contributed by atoms with van der Waals surface area (Å²) < 4.78 is 5.17. The Balaban J connectivity index is 1.76. The van der Waals surface area contributed by atoms with Gasteiger partial charge in [-0.3, -0.25) is 4.79 Å². The monoisotopic (exact) mass is 323 g/mol. The fourth-order valence-electron chi connectivity index (χ4n) is 2.04. The van der Waals surface area contributed by atoms with Gasteiger partial charge in [-0.15, -0.1) is 11.3 Å². The molecule has 0 atom stereocenters. The Bertz CT molecular complexity index is 855. The Labute approximate surface area is 136 Å². The molecule has 3 aromatic rings. The van der Waals surface area contributed by atoms with E-state index in [0.29, 0.717) is 16.9 Å². The van der Waals surface area contributed by atoms with Crippen molar-refractivity contribution in [2.45, 2.75) is 0 Å². The van der Waals surface area contributed by atoms with E-state index in [4.69, 9.17) is 4.42 Å². The molecule has 0 saturated heterocycles. The topological polar surface area (TPSA) is 70.3 Å². The van der Waals surface area contributed by atoms with Crippen molar-refractivity contribution >= 4 is 29.2 Å². The molecule has 23 heavy (non-hydrogen) atoms. The lowest BCUT2D eigenvalue weighted by Crippen LogP contribution is -2.21. The maximum absolute atomic E-state index is 12.1. The molecule has 2 aromatic heterocycles. The molecule has 5 heteroatoms. The standard InChI is InChI=1S/C18H12O4S/c19-15(8-7-14-2-1-11-23-14)12-3-5-13(6-4-12)16-9-10-17(22-16)18(20)21/h1-11H,(H,20,21)/p-1/b8-7+. The average molecular weight is 323 g/mol. The predicted octanol–water partition coefficient (Wildman–Crippen LogP) is 3.27. The van der Waals surface area contributed by atoms with Crippen molar-refractivity contribution in [2.75, 3.05) is 0 Å². The highest BCUT2D eigenvalue weighted by Gasteiger charge is 2.07. The van der Waals surface area contributed by atoms with Gasteiger partial charge in [0.2, 0.25) is 0 Å². The molecule has 0 saturated carbocycles. The van der Waals surface area contributed by atoms with Crippen molar-refractivity contribution in [3.8, 4) is 11.3 Å². The zero-order valence-electron chi connectivity index (χ0n) is 11.9. The van der Waals surface area contributed by atoms with E-state index in [9.17, 15) is 14.7 Å². The van der Waals surface area contributed by atoms with Crippen molar-refractivity contribution < 1.29 is 19.1 Å². The average Bonchev–Trinajstić information content (AvgIpc) is 3.24. The number of aromatic carboxylic acids is 1. The van der Waals surface area contributed by atoms with Gasteiger partial charge in [0, 0.05) is 16.0 Å². The molecule has 1 aromatic carbocycles. The molecule has 0 radical (unpaired) electrons. The van der Waals surface area contributed by atoms with Crippen LogP contribution in [0.15, 0.2) is 64.4 Å². The summed E-state index contributed by atoms with van der Waals surface area (Å²) in [5.41, 5.74) is 1.24. The summed E-state index contributed by atoms with van der Waals surface area (Å²) in [7, 11) is 0. The molecule has 0 aliphatic carbocycles. The van der Waals surface area contributed by atoms with Crippen LogP contribution >= 0.6 is 11.3 Å². The number of allylic oxidation sites excluding steroid dienone is 1. The summed E-state index contributed by atoms with van der Waals surface area (Å²) in [4.78, 5) is 23.8. The minimum absolute atomic E-state index is 0.0974. The number of thiophene rings is 1. The highest BCUT2D eigenvalue weighted by molar-refractivity contribution is 7.10. The Kier molecular flexibility index (Phi) is 4.21. The van der Waals surface area contributed by atoms with Crippen LogP contribution < -0.4 is 5.11 Å². The second-order valence-corrected chi connectivity index (χ2v) is 5.72. The quantitative estimate of drug-likeness (QED) is 0.534. The first kappa shape index (κ1) is 15.0. The highest BCUT2D eigenvalue weighted by Crippen LogP contribution is 2.22. The molecule has 0 bridgehead atoms. The lowest BCUT2D eigenvalue weighted by molar-refractivity contribution is -0.257. The first-order valence-electron chi connectivity index (χ1n) is 6.81. The lowest BCUT2D eigenvalue weighted by atomic mass is 10.1. The van der Waals surface area contributed by atoms with Gasteiger partial charge in [-0.1, -0.05) is 30.3 Å². The molecule has 0 unspecified atom stereocenters. The van der Waals surface area contributed by atoms with E-state index in [1.807, 2.05) is 17.5 Å². The van der Waals surface area contributed by atoms with Crippen LogP contribution in [0.2, 0.25) is 0 Å². The second-order valence-electron chi connectivity index (χ2n) is 4.74. The van der Waals surface area contributed by atoms with Gasteiger partial charge in [-0.2, -0.15) is 0 Å². The first-order chi connectivity index (χ1) is 11.1. The van der Waals surface area contributed by atoms with Crippen LogP contribution in [-0.4, -0.2) is 11.8 Å². The Morgan fingerprint density at radius 3 is 2.43 bits per heavy atom. The molecular weight excluding hydrogens is 312 g/mol. The van der Waals surface area contributed by atoms with E-state index in [-0.39, 0.29) is 11.5 Å². The van der Waals surface area contributed by atoms with Gasteiger partial charge in [0.05, 0.1) is 0 Å². The van der Waals surface area contributed by atoms with Gasteiger partial charge in [-0.25, -0.2) is 0 Å². The van der Waals surface area contributed by atoms with E-state index < -0.39 is 5.97 Å². The molecule has 0 aliphatic rings. The lowest BCUT2D eigenvalue weighted by Gasteiger charge is -2.00. The summed E-state index contributed by atoms with van der Waals surface area (Å²) in [6.45, 7) is 0. The third-order valence-electron chi connectivity index (χ3n) is 3.20. The maximum Gasteiger partial charge on any atom is 0.185 e. The fraction of sp³-hybridized carbons (Fsp3) is 0. The Morgan fingerprint density at radius 2 is 1.83 bits per heavy atom. The number of furan rings is 1. The molecular formula is C18H11O4S-. The first-order valence-corrected chi connectivity index (χ1v) is 7.69. The number of benzene rings is 1. The molecule has 3 rings (SSSR count). The zero-order valence-corrected chi connectivity index (χ0v) is 12.7. The summed E-state index contributed by atoms with van der Waals surface area (Å²) in [6.07, 6.45) is 3.31. The largest absolute Gasteiger partial charge is 0.542 e. The number of carboxylic acid groups (broad SMARTS) is 1. The van der Waals surface area contributed by atoms with E-state index >= 15 is 0 Å². The van der Waals surface area contributed by atoms with E-state index in [2.05, 4.69) is 0 Å². The third-order valence-corrected chi connectivity index (χ3v) is 4.04. The van der Waals surface area contributed by atoms with Gasteiger partial charge in [0.25, 0.3) is 0 Å². The minimum Gasteiger partial charge on any atom is -0.542 e. The van der Waals surface area contributed by atoms with E-state index in [0.717, 1.165) is 4.88 Å². The summed E-state index contributed by atoms with van der Waals surface area (Å²) in [6, 6.07) is 13.5. The van der Waals surface area contributed by atoms with Gasteiger partial charge in [-0.05, 0) is 35.7 Å². The summed E-state index contributed by atoms with van der Waals surface area (Å²) in [5.74, 6) is -1.27. The minimum atomic E-state index is -1.36. The predicted molar refractivity (Wildman–Crippen MR) is 86.2 cm³/mol. The normalized spacial score (nSPS) is 11.0. The van der Waals surface area contributed by atoms with Gasteiger partial charge >= 0.3 is 0 Å². The number of hydrogen-bond donors (Lipinski definition) is 0. The summed E-state index contributed by atoms with van der Waals surface area (Å²) in [5, 5.41) is 12.6. The van der Waals surface area contributed by atoms with Crippen LogP contribution in [0.1, 0.15) is 25.8 Å². The van der Waals surface area contributed by atoms with Crippen molar-refractivity contribution in [3.63, 3.8) is 0 Å². The van der Waals surface area contributed by atoms with Crippen LogP contribution in [0.3, 0.4) is 0 Å². The van der Waals surface area contributed by atoms with Crippen LogP contribution in [0.25, 0.3) is 17.4 Å². The number of hydrogen-bond acceptors (Lipinski definition) is 5. The number of carbonyl (C=O) groups is 2. The molecule has 0 amide bonds. The molecule has 0 N–H and O–H groups in total.